The lowest BCUT2D eigenvalue weighted by atomic mass is 9.93. The molecule has 4 aromatic heterocycles. The molecule has 6 aromatic rings. The summed E-state index contributed by atoms with van der Waals surface area (Å²) in [6.07, 6.45) is 2.99. The number of rotatable bonds is 7. The predicted molar refractivity (Wildman–Crippen MR) is 163 cm³/mol. The van der Waals surface area contributed by atoms with Crippen molar-refractivity contribution in [3.63, 3.8) is 0 Å². The fraction of sp³-hybridized carbons (Fsp3) is 0.250. The molecule has 0 unspecified atom stereocenters. The molecule has 7 rings (SSSR count). The van der Waals surface area contributed by atoms with Crippen molar-refractivity contribution in [3.8, 4) is 28.1 Å². The molecule has 2 aromatic carbocycles. The van der Waals surface area contributed by atoms with Crippen LogP contribution in [0.15, 0.2) is 65.0 Å². The molecule has 0 spiro atoms. The normalized spacial score (nSPS) is 14.2. The fourth-order valence-corrected chi connectivity index (χ4v) is 6.70. The van der Waals surface area contributed by atoms with Gasteiger partial charge in [-0.1, -0.05) is 12.1 Å². The number of thiazole rings is 1. The molecule has 0 aliphatic heterocycles. The highest BCUT2D eigenvalue weighted by Gasteiger charge is 2.39. The zero-order valence-corrected chi connectivity index (χ0v) is 24.5. The minimum absolute atomic E-state index is 0.140. The van der Waals surface area contributed by atoms with Crippen LogP contribution in [0.5, 0.6) is 5.75 Å². The van der Waals surface area contributed by atoms with E-state index in [1.165, 1.54) is 35.9 Å². The Morgan fingerprint density at radius 2 is 1.88 bits per heavy atom. The molecule has 218 valence electrons. The number of nitrogens with zero attached hydrogens (tertiary/aromatic N) is 5. The van der Waals surface area contributed by atoms with E-state index in [2.05, 4.69) is 9.97 Å². The Hall–Kier alpha value is -4.64. The number of hydrogen-bond acceptors (Lipinski definition) is 7. The van der Waals surface area contributed by atoms with Crippen molar-refractivity contribution >= 4 is 33.0 Å². The van der Waals surface area contributed by atoms with Crippen LogP contribution in [0, 0.1) is 24.5 Å². The van der Waals surface area contributed by atoms with Gasteiger partial charge in [-0.2, -0.15) is 5.10 Å². The van der Waals surface area contributed by atoms with E-state index >= 15 is 4.39 Å². The molecule has 1 saturated carbocycles. The molecule has 4 heterocycles. The molecule has 1 aliphatic carbocycles. The standard InChI is InChI=1S/C32H28F2N6O2S/c1-16(2)42-24-10-9-20(12-23(24)34)28-27-30(35)36-15-37-31(27)40(38-28)29(18-7-8-18)22-13-25-39(17(3)14-43-25)32(41)26(22)19-5-4-6-21(33)11-19/h4-6,9-16,18,29H,7-8H2,1-3H3,(H2,35,36,37)/t29-/m0/s1. The molecule has 0 amide bonds. The minimum Gasteiger partial charge on any atom is -0.488 e. The molecule has 0 radical (unpaired) electrons. The lowest BCUT2D eigenvalue weighted by molar-refractivity contribution is 0.231. The molecule has 1 aliphatic rings. The van der Waals surface area contributed by atoms with Crippen LogP contribution < -0.4 is 16.0 Å². The Kier molecular flexibility index (Phi) is 6.50. The van der Waals surface area contributed by atoms with Crippen molar-refractivity contribution in [3.05, 3.63) is 93.5 Å². The summed E-state index contributed by atoms with van der Waals surface area (Å²) in [5.41, 5.74) is 9.96. The van der Waals surface area contributed by atoms with Crippen LogP contribution in [-0.4, -0.2) is 30.3 Å². The Bertz CT molecular complexity index is 2100. The van der Waals surface area contributed by atoms with Crippen molar-refractivity contribution in [1.82, 2.24) is 24.1 Å². The number of ether oxygens (including phenoxy) is 1. The first-order valence-electron chi connectivity index (χ1n) is 14.1. The monoisotopic (exact) mass is 598 g/mol. The summed E-state index contributed by atoms with van der Waals surface area (Å²) < 4.78 is 38.7. The second-order valence-electron chi connectivity index (χ2n) is 11.2. The number of fused-ring (bicyclic) bond motifs is 2. The largest absolute Gasteiger partial charge is 0.488 e. The molecule has 0 bridgehead atoms. The number of anilines is 1. The van der Waals surface area contributed by atoms with Crippen LogP contribution in [-0.2, 0) is 0 Å². The first kappa shape index (κ1) is 27.2. The van der Waals surface area contributed by atoms with Gasteiger partial charge >= 0.3 is 0 Å². The van der Waals surface area contributed by atoms with E-state index in [4.69, 9.17) is 15.6 Å². The average molecular weight is 599 g/mol. The molecular formula is C32H28F2N6O2S. The Labute approximate surface area is 249 Å². The second kappa shape index (κ2) is 10.3. The van der Waals surface area contributed by atoms with Crippen LogP contribution >= 0.6 is 11.3 Å². The maximum absolute atomic E-state index is 15.1. The molecule has 2 N–H and O–H groups in total. The van der Waals surface area contributed by atoms with Crippen LogP contribution in [0.25, 0.3) is 38.2 Å². The summed E-state index contributed by atoms with van der Waals surface area (Å²) in [6.45, 7) is 5.54. The van der Waals surface area contributed by atoms with Crippen LogP contribution in [0.3, 0.4) is 0 Å². The first-order chi connectivity index (χ1) is 20.7. The topological polar surface area (TPSA) is 100 Å². The molecule has 1 fully saturated rings. The van der Waals surface area contributed by atoms with Gasteiger partial charge in [-0.25, -0.2) is 23.4 Å². The SMILES string of the molecule is Cc1csc2cc([C@H](C3CC3)n3nc(-c4ccc(OC(C)C)c(F)c4)c4c(N)ncnc43)c(-c3cccc(F)c3)c(=O)n12. The molecule has 8 nitrogen and oxygen atoms in total. The van der Waals surface area contributed by atoms with Gasteiger partial charge in [0.1, 0.15) is 28.5 Å². The van der Waals surface area contributed by atoms with Gasteiger partial charge in [0.2, 0.25) is 0 Å². The number of pyridine rings is 1. The van der Waals surface area contributed by atoms with Crippen LogP contribution in [0.4, 0.5) is 14.6 Å². The Morgan fingerprint density at radius 3 is 2.60 bits per heavy atom. The van der Waals surface area contributed by atoms with Crippen molar-refractivity contribution in [2.45, 2.75) is 45.8 Å². The van der Waals surface area contributed by atoms with Gasteiger partial charge in [-0.15, -0.1) is 11.3 Å². The molecule has 11 heteroatoms. The predicted octanol–water partition coefficient (Wildman–Crippen LogP) is 6.79. The number of aromatic nitrogens is 5. The number of nitrogens with two attached hydrogens (primary N) is 1. The van der Waals surface area contributed by atoms with E-state index in [0.29, 0.717) is 33.4 Å². The van der Waals surface area contributed by atoms with E-state index in [0.717, 1.165) is 28.9 Å². The number of nitrogen functional groups attached to an aromatic ring is 1. The van der Waals surface area contributed by atoms with Crippen LogP contribution in [0.1, 0.15) is 44.0 Å². The van der Waals surface area contributed by atoms with Gasteiger partial charge in [0, 0.05) is 16.6 Å². The quantitative estimate of drug-likeness (QED) is 0.217. The summed E-state index contributed by atoms with van der Waals surface area (Å²) in [6, 6.07) is 12.3. The fourth-order valence-electron chi connectivity index (χ4n) is 5.78. The van der Waals surface area contributed by atoms with Crippen molar-refractivity contribution in [1.29, 1.82) is 0 Å². The first-order valence-corrected chi connectivity index (χ1v) is 14.9. The smallest absolute Gasteiger partial charge is 0.264 e. The van der Waals surface area contributed by atoms with Gasteiger partial charge in [0.15, 0.2) is 17.2 Å². The third kappa shape index (κ3) is 4.64. The number of hydrogen-bond donors (Lipinski definition) is 1. The van der Waals surface area contributed by atoms with Gasteiger partial charge in [-0.05, 0) is 87.1 Å². The van der Waals surface area contributed by atoms with E-state index in [1.54, 1.807) is 33.3 Å². The molecule has 43 heavy (non-hydrogen) atoms. The van der Waals surface area contributed by atoms with E-state index in [-0.39, 0.29) is 29.1 Å². The number of benzene rings is 2. The van der Waals surface area contributed by atoms with Crippen molar-refractivity contribution in [2.24, 2.45) is 5.92 Å². The van der Waals surface area contributed by atoms with E-state index < -0.39 is 17.7 Å². The summed E-state index contributed by atoms with van der Waals surface area (Å²) in [5, 5.41) is 7.42. The second-order valence-corrected chi connectivity index (χ2v) is 12.1. The van der Waals surface area contributed by atoms with E-state index in [9.17, 15) is 9.18 Å². The zero-order chi connectivity index (χ0) is 30.0. The zero-order valence-electron chi connectivity index (χ0n) is 23.7. The summed E-state index contributed by atoms with van der Waals surface area (Å²) in [5.74, 6) is -0.470. The lowest BCUT2D eigenvalue weighted by Crippen LogP contribution is -2.23. The van der Waals surface area contributed by atoms with Crippen molar-refractivity contribution in [2.75, 3.05) is 5.73 Å². The Balaban J connectivity index is 1.49. The minimum atomic E-state index is -0.525. The maximum Gasteiger partial charge on any atom is 0.264 e. The maximum atomic E-state index is 15.1. The van der Waals surface area contributed by atoms with Gasteiger partial charge in [0.25, 0.3) is 5.56 Å². The van der Waals surface area contributed by atoms with E-state index in [1.807, 2.05) is 32.2 Å². The lowest BCUT2D eigenvalue weighted by Gasteiger charge is -2.22. The average Bonchev–Trinajstić information content (AvgIpc) is 3.62. The highest BCUT2D eigenvalue weighted by Crippen LogP contribution is 2.48. The summed E-state index contributed by atoms with van der Waals surface area (Å²) in [4.78, 5) is 23.7. The molecular weight excluding hydrogens is 570 g/mol. The third-order valence-corrected chi connectivity index (χ3v) is 8.76. The number of halogens is 2. The third-order valence-electron chi connectivity index (χ3n) is 7.76. The summed E-state index contributed by atoms with van der Waals surface area (Å²) >= 11 is 1.47. The van der Waals surface area contributed by atoms with Crippen LogP contribution in [0.2, 0.25) is 0 Å². The molecule has 0 saturated heterocycles. The highest BCUT2D eigenvalue weighted by atomic mass is 32.1. The number of aryl methyl sites for hydroxylation is 1. The summed E-state index contributed by atoms with van der Waals surface area (Å²) in [7, 11) is 0. The van der Waals surface area contributed by atoms with Gasteiger partial charge in [0.05, 0.1) is 23.1 Å². The Morgan fingerprint density at radius 1 is 1.07 bits per heavy atom. The van der Waals surface area contributed by atoms with Crippen molar-refractivity contribution < 1.29 is 13.5 Å². The van der Waals surface area contributed by atoms with Gasteiger partial charge in [-0.3, -0.25) is 9.20 Å². The van der Waals surface area contributed by atoms with Gasteiger partial charge < -0.3 is 10.5 Å². The molecule has 1 atom stereocenters. The highest BCUT2D eigenvalue weighted by molar-refractivity contribution is 7.15.